The quantitative estimate of drug-likeness (QED) is 0.269. The Morgan fingerprint density at radius 1 is 1.73 bits per heavy atom. The first kappa shape index (κ1) is 12.6. The molecule has 11 heavy (non-hydrogen) atoms. The lowest BCUT2D eigenvalue weighted by Crippen LogP contribution is -2.66. The van der Waals surface area contributed by atoms with Gasteiger partial charge in [-0.2, -0.15) is 12.6 Å². The van der Waals surface area contributed by atoms with E-state index in [9.17, 15) is 4.79 Å². The number of carbonyl (C=O) groups is 1. The molecule has 0 aliphatic heterocycles. The van der Waals surface area contributed by atoms with Crippen LogP contribution in [0.5, 0.6) is 0 Å². The van der Waals surface area contributed by atoms with Crippen LogP contribution in [-0.4, -0.2) is 28.0 Å². The molecule has 8 heteroatoms. The number of nitrogens with zero attached hydrogens (tertiary/aromatic N) is 1. The third kappa shape index (κ3) is 17.6. The summed E-state index contributed by atoms with van der Waals surface area (Å²) in [7, 11) is 0. The molecule has 0 unspecified atom stereocenters. The molecule has 0 bridgehead atoms. The number of carboxylic acid groups (broad SMARTS) is 1. The van der Waals surface area contributed by atoms with Crippen LogP contribution in [0.25, 0.3) is 0 Å². The molecule has 4 N–H and O–H groups in total. The van der Waals surface area contributed by atoms with Gasteiger partial charge >= 0.3 is 5.97 Å². The Labute approximate surface area is 67.3 Å². The lowest BCUT2D eigenvalue weighted by molar-refractivity contribution is -0.402. The zero-order chi connectivity index (χ0) is 9.44. The number of carboxylic acids is 1. The van der Waals surface area contributed by atoms with Crippen molar-refractivity contribution >= 4 is 18.6 Å². The van der Waals surface area contributed by atoms with Crippen LogP contribution >= 0.6 is 12.6 Å². The maximum Gasteiger partial charge on any atom is 0.363 e. The van der Waals surface area contributed by atoms with Crippen LogP contribution in [0, 0.1) is 15.3 Å². The zero-order valence-corrected chi connectivity index (χ0v) is 6.36. The molecule has 66 valence electrons. The summed E-state index contributed by atoms with van der Waals surface area (Å²) in [4.78, 5) is 18.1. The summed E-state index contributed by atoms with van der Waals surface area (Å²) in [5.41, 5.74) is 3.28. The minimum absolute atomic E-state index is 0.301. The third-order valence-electron chi connectivity index (χ3n) is 0.570. The molecule has 0 aromatic carbocycles. The fraction of sp³-hybridized carbons (Fsp3) is 0.667. The Hall–Kier alpha value is -1.02. The predicted molar refractivity (Wildman–Crippen MR) is 38.5 cm³/mol. The largest absolute Gasteiger partial charge is 0.477 e. The highest BCUT2D eigenvalue weighted by Gasteiger charge is 2.10. The van der Waals surface area contributed by atoms with Crippen molar-refractivity contribution in [2.24, 2.45) is 0 Å². The van der Waals surface area contributed by atoms with Crippen LogP contribution < -0.4 is 5.73 Å². The topological polar surface area (TPSA) is 131 Å². The van der Waals surface area contributed by atoms with E-state index in [1.807, 2.05) is 0 Å². The summed E-state index contributed by atoms with van der Waals surface area (Å²) in [6.45, 7) is 0. The highest BCUT2D eigenvalue weighted by molar-refractivity contribution is 7.80. The number of thiol groups is 1. The second-order valence-electron chi connectivity index (χ2n) is 1.44. The summed E-state index contributed by atoms with van der Waals surface area (Å²) in [6.07, 6.45) is 0. The van der Waals surface area contributed by atoms with Crippen molar-refractivity contribution in [3.05, 3.63) is 15.3 Å². The van der Waals surface area contributed by atoms with Crippen LogP contribution in [0.3, 0.4) is 0 Å². The summed E-state index contributed by atoms with van der Waals surface area (Å²) < 4.78 is 0. The minimum atomic E-state index is -1.75. The van der Waals surface area contributed by atoms with E-state index < -0.39 is 17.1 Å². The van der Waals surface area contributed by atoms with Gasteiger partial charge in [0.05, 0.1) is 10.8 Å². The van der Waals surface area contributed by atoms with Crippen molar-refractivity contribution in [1.82, 2.24) is 0 Å². The average molecular weight is 184 g/mol. The van der Waals surface area contributed by atoms with Gasteiger partial charge in [0.2, 0.25) is 0 Å². The number of quaternary nitrogens is 1. The van der Waals surface area contributed by atoms with E-state index in [2.05, 4.69) is 18.4 Å². The average Bonchev–Trinajstić information content (AvgIpc) is 1.85. The van der Waals surface area contributed by atoms with Gasteiger partial charge < -0.3 is 26.2 Å². The van der Waals surface area contributed by atoms with Crippen molar-refractivity contribution in [1.29, 1.82) is 0 Å². The van der Waals surface area contributed by atoms with Crippen molar-refractivity contribution in [2.75, 3.05) is 5.75 Å². The van der Waals surface area contributed by atoms with Crippen LogP contribution in [0.4, 0.5) is 0 Å². The van der Waals surface area contributed by atoms with Crippen LogP contribution in [0.1, 0.15) is 0 Å². The minimum Gasteiger partial charge on any atom is -0.477 e. The van der Waals surface area contributed by atoms with Gasteiger partial charge in [-0.1, -0.05) is 0 Å². The first-order chi connectivity index (χ1) is 4.91. The lowest BCUT2D eigenvalue weighted by Gasteiger charge is -1.92. The number of hydrogen-bond acceptors (Lipinski definition) is 5. The molecule has 0 radical (unpaired) electrons. The fourth-order valence-corrected chi connectivity index (χ4v) is 0.234. The van der Waals surface area contributed by atoms with Crippen molar-refractivity contribution in [3.63, 3.8) is 0 Å². The smallest absolute Gasteiger partial charge is 0.363 e. The molecular formula is C3H8N2O5S. The van der Waals surface area contributed by atoms with Crippen LogP contribution in [-0.2, 0) is 4.79 Å². The normalized spacial score (nSPS) is 10.7. The van der Waals surface area contributed by atoms with Gasteiger partial charge in [0.1, 0.15) is 0 Å². The molecule has 0 rings (SSSR count). The Balaban J connectivity index is 0. The van der Waals surface area contributed by atoms with Crippen molar-refractivity contribution in [3.8, 4) is 0 Å². The molecule has 0 spiro atoms. The Bertz CT molecular complexity index is 136. The first-order valence-electron chi connectivity index (χ1n) is 2.40. The van der Waals surface area contributed by atoms with E-state index in [0.29, 0.717) is 5.75 Å². The van der Waals surface area contributed by atoms with E-state index in [-0.39, 0.29) is 0 Å². The van der Waals surface area contributed by atoms with Gasteiger partial charge in [-0.3, -0.25) is 0 Å². The monoisotopic (exact) mass is 184 g/mol. The zero-order valence-electron chi connectivity index (χ0n) is 5.47. The number of aliphatic carboxylic acids is 1. The van der Waals surface area contributed by atoms with E-state index in [0.717, 1.165) is 0 Å². The van der Waals surface area contributed by atoms with Crippen molar-refractivity contribution in [2.45, 2.75) is 6.04 Å². The van der Waals surface area contributed by atoms with Crippen molar-refractivity contribution < 1.29 is 20.7 Å². The van der Waals surface area contributed by atoms with Gasteiger partial charge in [0, 0.05) is 0 Å². The maximum absolute atomic E-state index is 9.82. The maximum atomic E-state index is 9.82. The molecule has 0 amide bonds. The van der Waals surface area contributed by atoms with Gasteiger partial charge in [0.15, 0.2) is 6.04 Å². The first-order valence-corrected chi connectivity index (χ1v) is 3.03. The molecule has 0 saturated carbocycles. The highest BCUT2D eigenvalue weighted by atomic mass is 32.1. The summed E-state index contributed by atoms with van der Waals surface area (Å²) >= 11 is 3.71. The molecule has 7 nitrogen and oxygen atoms in total. The molecule has 0 aromatic rings. The van der Waals surface area contributed by atoms with E-state index in [1.54, 1.807) is 0 Å². The number of hydrogen-bond donors (Lipinski definition) is 3. The second kappa shape index (κ2) is 7.09. The van der Waals surface area contributed by atoms with Gasteiger partial charge in [-0.15, -0.1) is 0 Å². The Morgan fingerprint density at radius 3 is 2.00 bits per heavy atom. The summed E-state index contributed by atoms with van der Waals surface area (Å²) in [5.74, 6) is -0.593. The molecule has 0 heterocycles. The van der Waals surface area contributed by atoms with E-state index >= 15 is 0 Å². The molecule has 0 fully saturated rings. The summed E-state index contributed by atoms with van der Waals surface area (Å²) in [5, 5.41) is 22.8. The van der Waals surface area contributed by atoms with E-state index in [4.69, 9.17) is 20.4 Å². The Morgan fingerprint density at radius 2 is 2.00 bits per heavy atom. The second-order valence-corrected chi connectivity index (χ2v) is 1.81. The molecule has 0 aliphatic carbocycles. The van der Waals surface area contributed by atoms with Gasteiger partial charge in [-0.25, -0.2) is 4.79 Å². The van der Waals surface area contributed by atoms with Gasteiger partial charge in [-0.05, 0) is 0 Å². The number of rotatable bonds is 2. The molecular weight excluding hydrogens is 176 g/mol. The van der Waals surface area contributed by atoms with Gasteiger partial charge in [0.25, 0.3) is 0 Å². The SMILES string of the molecule is O=[N+]([O-])[O-].[NH3+][C@@H](CS)C(=O)O. The fourth-order valence-electron chi connectivity index (χ4n) is 0.0781. The summed E-state index contributed by atoms with van der Waals surface area (Å²) in [6, 6.07) is -0.566. The third-order valence-corrected chi connectivity index (χ3v) is 1.01. The molecule has 0 saturated heterocycles. The predicted octanol–water partition coefficient (Wildman–Crippen LogP) is -1.63. The Kier molecular flexibility index (Phi) is 8.15. The highest BCUT2D eigenvalue weighted by Crippen LogP contribution is 1.77. The van der Waals surface area contributed by atoms with Crippen LogP contribution in [0.2, 0.25) is 0 Å². The molecule has 1 atom stereocenters. The van der Waals surface area contributed by atoms with E-state index in [1.165, 1.54) is 0 Å². The molecule has 0 aromatic heterocycles. The standard InChI is InChI=1S/C3H7NO2S.NO3/c4-2(1-7)3(5)6;2-1(3)4/h2,7H,1,4H2,(H,5,6);/q;-1/p+1/t2-;/m0./s1. The lowest BCUT2D eigenvalue weighted by atomic mass is 10.4. The van der Waals surface area contributed by atoms with Crippen LogP contribution in [0.15, 0.2) is 0 Å². The molecule has 0 aliphatic rings.